The first-order valence-electron chi connectivity index (χ1n) is 6.35. The van der Waals surface area contributed by atoms with Gasteiger partial charge in [-0.05, 0) is 45.9 Å². The Morgan fingerprint density at radius 3 is 2.68 bits per heavy atom. The number of benzene rings is 1. The van der Waals surface area contributed by atoms with Crippen molar-refractivity contribution in [3.8, 4) is 0 Å². The molecule has 0 aliphatic heterocycles. The van der Waals surface area contributed by atoms with E-state index in [1.54, 1.807) is 0 Å². The third kappa shape index (κ3) is 3.55. The second-order valence-corrected chi connectivity index (χ2v) is 6.66. The summed E-state index contributed by atoms with van der Waals surface area (Å²) in [4.78, 5) is 7.79. The van der Waals surface area contributed by atoms with Gasteiger partial charge in [-0.1, -0.05) is 15.9 Å². The molecule has 0 saturated heterocycles. The Balaban J connectivity index is 2.23. The molecule has 1 aromatic carbocycles. The molecule has 5 heteroatoms. The van der Waals surface area contributed by atoms with E-state index in [4.69, 9.17) is 10.5 Å². The third-order valence-corrected chi connectivity index (χ3v) is 3.32. The van der Waals surface area contributed by atoms with E-state index in [9.17, 15) is 0 Å². The Bertz CT molecular complexity index is 574. The molecular formula is C14H20BrN3O. The topological polar surface area (TPSA) is 63.9 Å². The lowest BCUT2D eigenvalue weighted by Crippen LogP contribution is -2.34. The molecule has 0 fully saturated rings. The maximum Gasteiger partial charge on any atom is 0.126 e. The van der Waals surface area contributed by atoms with E-state index < -0.39 is 0 Å². The predicted molar refractivity (Wildman–Crippen MR) is 81.0 cm³/mol. The smallest absolute Gasteiger partial charge is 0.126 e. The van der Waals surface area contributed by atoms with Gasteiger partial charge in [0.1, 0.15) is 5.82 Å². The van der Waals surface area contributed by atoms with Gasteiger partial charge in [-0.2, -0.15) is 0 Å². The van der Waals surface area contributed by atoms with Crippen molar-refractivity contribution < 1.29 is 4.74 Å². The molecule has 104 valence electrons. The third-order valence-electron chi connectivity index (χ3n) is 2.82. The predicted octanol–water partition coefficient (Wildman–Crippen LogP) is 3.53. The van der Waals surface area contributed by atoms with Crippen LogP contribution in [0.4, 0.5) is 0 Å². The Morgan fingerprint density at radius 1 is 1.37 bits per heavy atom. The van der Waals surface area contributed by atoms with Gasteiger partial charge >= 0.3 is 0 Å². The first-order chi connectivity index (χ1) is 8.76. The summed E-state index contributed by atoms with van der Waals surface area (Å²) in [5.74, 6) is 0.754. The van der Waals surface area contributed by atoms with Crippen molar-refractivity contribution in [3.63, 3.8) is 0 Å². The molecule has 0 amide bonds. The molecule has 2 aromatic rings. The van der Waals surface area contributed by atoms with Crippen LogP contribution in [0.3, 0.4) is 0 Å². The molecule has 3 N–H and O–H groups in total. The minimum absolute atomic E-state index is 0.107. The second kappa shape index (κ2) is 5.23. The van der Waals surface area contributed by atoms with Crippen LogP contribution < -0.4 is 5.73 Å². The fourth-order valence-corrected chi connectivity index (χ4v) is 2.36. The molecule has 1 heterocycles. The average Bonchev–Trinajstić information content (AvgIpc) is 2.68. The van der Waals surface area contributed by atoms with Crippen molar-refractivity contribution in [1.82, 2.24) is 9.97 Å². The van der Waals surface area contributed by atoms with Gasteiger partial charge in [-0.15, -0.1) is 0 Å². The summed E-state index contributed by atoms with van der Waals surface area (Å²) in [6.07, 6.45) is -0.107. The van der Waals surface area contributed by atoms with E-state index in [0.717, 1.165) is 21.3 Å². The minimum atomic E-state index is -0.273. The average molecular weight is 326 g/mol. The molecular weight excluding hydrogens is 306 g/mol. The van der Waals surface area contributed by atoms with Gasteiger partial charge < -0.3 is 15.5 Å². The molecule has 2 atom stereocenters. The van der Waals surface area contributed by atoms with Crippen molar-refractivity contribution in [2.24, 2.45) is 5.73 Å². The Labute approximate surface area is 121 Å². The van der Waals surface area contributed by atoms with Crippen LogP contribution in [0.25, 0.3) is 11.0 Å². The fraction of sp³-hybridized carbons (Fsp3) is 0.500. The molecule has 1 aromatic heterocycles. The molecule has 0 spiro atoms. The van der Waals surface area contributed by atoms with Gasteiger partial charge in [-0.25, -0.2) is 4.98 Å². The van der Waals surface area contributed by atoms with Crippen LogP contribution in [0, 0.1) is 0 Å². The number of halogens is 1. The number of ether oxygens (including phenoxy) is 1. The highest BCUT2D eigenvalue weighted by molar-refractivity contribution is 9.10. The zero-order chi connectivity index (χ0) is 14.2. The summed E-state index contributed by atoms with van der Waals surface area (Å²) in [5, 5.41) is 0. The maximum absolute atomic E-state index is 6.22. The molecule has 2 rings (SSSR count). The lowest BCUT2D eigenvalue weighted by molar-refractivity contribution is -0.0626. The normalized spacial score (nSPS) is 15.7. The lowest BCUT2D eigenvalue weighted by Gasteiger charge is -2.28. The SMILES string of the molecule is C[C@H](OC(C)(C)C)[C@@H](N)c1nc2cc(Br)ccc2[nH]1. The van der Waals surface area contributed by atoms with E-state index in [2.05, 4.69) is 25.9 Å². The molecule has 4 nitrogen and oxygen atoms in total. The van der Waals surface area contributed by atoms with Crippen molar-refractivity contribution >= 4 is 27.0 Å². The number of nitrogens with zero attached hydrogens (tertiary/aromatic N) is 1. The highest BCUT2D eigenvalue weighted by atomic mass is 79.9. The molecule has 0 aliphatic rings. The van der Waals surface area contributed by atoms with Gasteiger partial charge in [-0.3, -0.25) is 0 Å². The van der Waals surface area contributed by atoms with E-state index >= 15 is 0 Å². The zero-order valence-corrected chi connectivity index (χ0v) is 13.3. The molecule has 0 unspecified atom stereocenters. The lowest BCUT2D eigenvalue weighted by atomic mass is 10.1. The Morgan fingerprint density at radius 2 is 2.05 bits per heavy atom. The first-order valence-corrected chi connectivity index (χ1v) is 7.14. The summed E-state index contributed by atoms with van der Waals surface area (Å²) in [7, 11) is 0. The van der Waals surface area contributed by atoms with Gasteiger partial charge in [0.25, 0.3) is 0 Å². The van der Waals surface area contributed by atoms with Gasteiger partial charge in [0.2, 0.25) is 0 Å². The first kappa shape index (κ1) is 14.5. The summed E-state index contributed by atoms with van der Waals surface area (Å²) >= 11 is 3.44. The number of H-pyrrole nitrogens is 1. The number of aromatic amines is 1. The number of hydrogen-bond acceptors (Lipinski definition) is 3. The van der Waals surface area contributed by atoms with Crippen LogP contribution in [0.15, 0.2) is 22.7 Å². The van der Waals surface area contributed by atoms with Crippen molar-refractivity contribution in [2.45, 2.75) is 45.4 Å². The maximum atomic E-state index is 6.22. The second-order valence-electron chi connectivity index (χ2n) is 5.74. The largest absolute Gasteiger partial charge is 0.371 e. The molecule has 19 heavy (non-hydrogen) atoms. The van der Waals surface area contributed by atoms with Crippen molar-refractivity contribution in [1.29, 1.82) is 0 Å². The van der Waals surface area contributed by atoms with Crippen LogP contribution in [0.1, 0.15) is 39.6 Å². The highest BCUT2D eigenvalue weighted by Gasteiger charge is 2.24. The van der Waals surface area contributed by atoms with E-state index in [-0.39, 0.29) is 17.7 Å². The Hall–Kier alpha value is -0.910. The monoisotopic (exact) mass is 325 g/mol. The van der Waals surface area contributed by atoms with E-state index in [1.165, 1.54) is 0 Å². The van der Waals surface area contributed by atoms with Crippen LogP contribution in [0.5, 0.6) is 0 Å². The van der Waals surface area contributed by atoms with E-state index in [0.29, 0.717) is 0 Å². The summed E-state index contributed by atoms with van der Waals surface area (Å²) in [6, 6.07) is 5.66. The number of aromatic nitrogens is 2. The van der Waals surface area contributed by atoms with Gasteiger partial charge in [0, 0.05) is 4.47 Å². The molecule has 0 aliphatic carbocycles. The number of imidazole rings is 1. The number of nitrogens with two attached hydrogens (primary N) is 1. The number of nitrogens with one attached hydrogen (secondary N) is 1. The number of fused-ring (bicyclic) bond motifs is 1. The number of rotatable bonds is 3. The van der Waals surface area contributed by atoms with Crippen molar-refractivity contribution in [2.75, 3.05) is 0 Å². The Kier molecular flexibility index (Phi) is 3.99. The quantitative estimate of drug-likeness (QED) is 0.907. The molecule has 0 radical (unpaired) electrons. The molecule has 0 bridgehead atoms. The highest BCUT2D eigenvalue weighted by Crippen LogP contribution is 2.23. The molecule has 0 saturated carbocycles. The van der Waals surface area contributed by atoms with Gasteiger partial charge in [0.15, 0.2) is 0 Å². The summed E-state index contributed by atoms with van der Waals surface area (Å²) in [6.45, 7) is 8.03. The minimum Gasteiger partial charge on any atom is -0.371 e. The summed E-state index contributed by atoms with van der Waals surface area (Å²) < 4.78 is 6.88. The van der Waals surface area contributed by atoms with Crippen LogP contribution in [-0.2, 0) is 4.74 Å². The number of hydrogen-bond donors (Lipinski definition) is 2. The zero-order valence-electron chi connectivity index (χ0n) is 11.7. The van der Waals surface area contributed by atoms with E-state index in [1.807, 2.05) is 45.9 Å². The van der Waals surface area contributed by atoms with Crippen molar-refractivity contribution in [3.05, 3.63) is 28.5 Å². The van der Waals surface area contributed by atoms with Crippen LogP contribution in [-0.4, -0.2) is 21.7 Å². The standard InChI is InChI=1S/C14H20BrN3O/c1-8(19-14(2,3)4)12(16)13-17-10-6-5-9(15)7-11(10)18-13/h5-8,12H,16H2,1-4H3,(H,17,18)/t8-,12+/m0/s1. The summed E-state index contributed by atoms with van der Waals surface area (Å²) in [5.41, 5.74) is 7.89. The van der Waals surface area contributed by atoms with Crippen LogP contribution in [0.2, 0.25) is 0 Å². The van der Waals surface area contributed by atoms with Gasteiger partial charge in [0.05, 0.1) is 28.8 Å². The fourth-order valence-electron chi connectivity index (χ4n) is 2.01. The van der Waals surface area contributed by atoms with Crippen LogP contribution >= 0.6 is 15.9 Å².